The number of anilines is 1. The van der Waals surface area contributed by atoms with E-state index in [1.54, 1.807) is 24.3 Å². The zero-order valence-corrected chi connectivity index (χ0v) is 17.7. The summed E-state index contributed by atoms with van der Waals surface area (Å²) < 4.78 is 6.19. The average Bonchev–Trinajstić information content (AvgIpc) is 2.71. The molecule has 7 nitrogen and oxygen atoms in total. The van der Waals surface area contributed by atoms with Crippen molar-refractivity contribution >= 4 is 51.7 Å². The lowest BCUT2D eigenvalue weighted by Gasteiger charge is -2.09. The summed E-state index contributed by atoms with van der Waals surface area (Å²) in [6, 6.07) is 10.3. The second-order valence-electron chi connectivity index (χ2n) is 6.66. The molecule has 2 aromatic carbocycles. The number of amides is 1. The highest BCUT2D eigenvalue weighted by atomic mass is 35.5. The van der Waals surface area contributed by atoms with Gasteiger partial charge in [-0.1, -0.05) is 29.3 Å². The number of benzene rings is 2. The van der Waals surface area contributed by atoms with Crippen LogP contribution >= 0.6 is 23.2 Å². The van der Waals surface area contributed by atoms with Crippen LogP contribution in [-0.4, -0.2) is 28.0 Å². The second kappa shape index (κ2) is 9.73. The quantitative estimate of drug-likeness (QED) is 0.555. The summed E-state index contributed by atoms with van der Waals surface area (Å²) in [6.07, 6.45) is 2.95. The van der Waals surface area contributed by atoms with Gasteiger partial charge in [-0.3, -0.25) is 19.0 Å². The van der Waals surface area contributed by atoms with Gasteiger partial charge in [-0.15, -0.1) is 0 Å². The Hall–Kier alpha value is -2.90. The molecular formula is C21H19Cl2N3O4. The Morgan fingerprint density at radius 2 is 1.93 bits per heavy atom. The third-order valence-electron chi connectivity index (χ3n) is 4.36. The summed E-state index contributed by atoms with van der Waals surface area (Å²) in [5, 5.41) is 3.99. The van der Waals surface area contributed by atoms with Gasteiger partial charge in [0.15, 0.2) is 6.61 Å². The van der Waals surface area contributed by atoms with Crippen molar-refractivity contribution in [1.29, 1.82) is 0 Å². The molecule has 0 saturated carbocycles. The van der Waals surface area contributed by atoms with Gasteiger partial charge in [0.05, 0.1) is 27.3 Å². The van der Waals surface area contributed by atoms with E-state index < -0.39 is 11.9 Å². The minimum absolute atomic E-state index is 0.203. The van der Waals surface area contributed by atoms with E-state index in [0.29, 0.717) is 39.6 Å². The molecule has 0 saturated heterocycles. The molecule has 0 aliphatic heterocycles. The van der Waals surface area contributed by atoms with E-state index in [-0.39, 0.29) is 12.2 Å². The number of esters is 1. The number of carbonyl (C=O) groups excluding carboxylic acids is 2. The Kier molecular flexibility index (Phi) is 7.07. The molecule has 1 amide bonds. The monoisotopic (exact) mass is 447 g/mol. The summed E-state index contributed by atoms with van der Waals surface area (Å²) in [4.78, 5) is 39.8. The van der Waals surface area contributed by atoms with Gasteiger partial charge in [0.1, 0.15) is 0 Å². The highest BCUT2D eigenvalue weighted by Crippen LogP contribution is 2.23. The van der Waals surface area contributed by atoms with Gasteiger partial charge in [0, 0.05) is 19.2 Å². The largest absolute Gasteiger partial charge is 0.456 e. The topological polar surface area (TPSA) is 90.3 Å². The van der Waals surface area contributed by atoms with Crippen LogP contribution in [0.15, 0.2) is 47.5 Å². The van der Waals surface area contributed by atoms with E-state index >= 15 is 0 Å². The Balaban J connectivity index is 1.70. The Bertz CT molecular complexity index is 1160. The van der Waals surface area contributed by atoms with Crippen LogP contribution in [0.3, 0.4) is 0 Å². The van der Waals surface area contributed by atoms with Crippen molar-refractivity contribution in [1.82, 2.24) is 9.55 Å². The van der Waals surface area contributed by atoms with Crippen LogP contribution in [0.25, 0.3) is 10.9 Å². The average molecular weight is 448 g/mol. The number of carbonyl (C=O) groups is 2. The van der Waals surface area contributed by atoms with E-state index in [0.717, 1.165) is 12.0 Å². The molecule has 0 aliphatic carbocycles. The predicted octanol–water partition coefficient (Wildman–Crippen LogP) is 3.84. The molecule has 0 aliphatic rings. The number of halogens is 2. The normalized spacial score (nSPS) is 10.8. The van der Waals surface area contributed by atoms with Crippen molar-refractivity contribution in [3.05, 3.63) is 68.7 Å². The first-order valence-electron chi connectivity index (χ1n) is 9.20. The number of hydrogen-bond acceptors (Lipinski definition) is 5. The van der Waals surface area contributed by atoms with E-state index in [1.165, 1.54) is 17.8 Å². The standard InChI is InChI=1S/C21H19Cl2N3O4/c1-13(27)30-11-20(28)25-15-5-7-19-16(10-15)21(29)26(12-24-19)8-2-3-14-4-6-17(22)18(23)9-14/h4-7,9-10,12H,2-3,8,11H2,1H3,(H,25,28). The minimum Gasteiger partial charge on any atom is -0.456 e. The fourth-order valence-corrected chi connectivity index (χ4v) is 3.23. The zero-order chi connectivity index (χ0) is 21.7. The van der Waals surface area contributed by atoms with Crippen molar-refractivity contribution in [2.45, 2.75) is 26.3 Å². The molecule has 0 bridgehead atoms. The predicted molar refractivity (Wildman–Crippen MR) is 116 cm³/mol. The number of hydrogen-bond donors (Lipinski definition) is 1. The van der Waals surface area contributed by atoms with Crippen molar-refractivity contribution in [3.8, 4) is 0 Å². The molecule has 0 fully saturated rings. The summed E-state index contributed by atoms with van der Waals surface area (Å²) in [7, 11) is 0. The molecule has 1 aromatic heterocycles. The van der Waals surface area contributed by atoms with Crippen molar-refractivity contribution < 1.29 is 14.3 Å². The van der Waals surface area contributed by atoms with Gasteiger partial charge in [0.2, 0.25) is 0 Å². The second-order valence-corrected chi connectivity index (χ2v) is 7.47. The van der Waals surface area contributed by atoms with Crippen LogP contribution in [0.1, 0.15) is 18.9 Å². The molecule has 9 heteroatoms. The first-order chi connectivity index (χ1) is 14.3. The van der Waals surface area contributed by atoms with Gasteiger partial charge in [-0.05, 0) is 48.7 Å². The fraction of sp³-hybridized carbons (Fsp3) is 0.238. The van der Waals surface area contributed by atoms with Crippen LogP contribution < -0.4 is 10.9 Å². The molecule has 3 rings (SSSR count). The molecule has 0 spiro atoms. The molecule has 0 unspecified atom stereocenters. The van der Waals surface area contributed by atoms with Gasteiger partial charge in [-0.25, -0.2) is 4.98 Å². The number of fused-ring (bicyclic) bond motifs is 1. The third kappa shape index (κ3) is 5.58. The first-order valence-corrected chi connectivity index (χ1v) is 9.95. The van der Waals surface area contributed by atoms with Crippen LogP contribution in [0.4, 0.5) is 5.69 Å². The lowest BCUT2D eigenvalue weighted by Crippen LogP contribution is -2.22. The van der Waals surface area contributed by atoms with E-state index in [1.807, 2.05) is 12.1 Å². The summed E-state index contributed by atoms with van der Waals surface area (Å²) in [5.41, 5.74) is 1.78. The summed E-state index contributed by atoms with van der Waals surface area (Å²) in [5.74, 6) is -1.04. The summed E-state index contributed by atoms with van der Waals surface area (Å²) >= 11 is 12.0. The van der Waals surface area contributed by atoms with E-state index in [4.69, 9.17) is 23.2 Å². The number of aryl methyl sites for hydroxylation is 2. The molecule has 1 N–H and O–H groups in total. The maximum atomic E-state index is 12.8. The van der Waals surface area contributed by atoms with Crippen molar-refractivity contribution in [2.75, 3.05) is 11.9 Å². The number of nitrogens with one attached hydrogen (secondary N) is 1. The maximum Gasteiger partial charge on any atom is 0.303 e. The number of rotatable bonds is 7. The van der Waals surface area contributed by atoms with E-state index in [2.05, 4.69) is 15.0 Å². The van der Waals surface area contributed by atoms with Gasteiger partial charge < -0.3 is 10.1 Å². The Morgan fingerprint density at radius 1 is 1.13 bits per heavy atom. The van der Waals surface area contributed by atoms with Crippen molar-refractivity contribution in [3.63, 3.8) is 0 Å². The van der Waals surface area contributed by atoms with Gasteiger partial charge >= 0.3 is 5.97 Å². The number of aromatic nitrogens is 2. The molecule has 156 valence electrons. The molecule has 3 aromatic rings. The molecule has 30 heavy (non-hydrogen) atoms. The SMILES string of the molecule is CC(=O)OCC(=O)Nc1ccc2ncn(CCCc3ccc(Cl)c(Cl)c3)c(=O)c2c1. The van der Waals surface area contributed by atoms with Crippen LogP contribution in [0.2, 0.25) is 10.0 Å². The lowest BCUT2D eigenvalue weighted by atomic mass is 10.1. The first kappa shape index (κ1) is 21.8. The molecule has 0 atom stereocenters. The summed E-state index contributed by atoms with van der Waals surface area (Å²) in [6.45, 7) is 1.31. The molecule has 0 radical (unpaired) electrons. The highest BCUT2D eigenvalue weighted by molar-refractivity contribution is 6.42. The van der Waals surface area contributed by atoms with Gasteiger partial charge in [-0.2, -0.15) is 0 Å². The zero-order valence-electron chi connectivity index (χ0n) is 16.2. The van der Waals surface area contributed by atoms with Crippen molar-refractivity contribution in [2.24, 2.45) is 0 Å². The lowest BCUT2D eigenvalue weighted by molar-refractivity contribution is -0.144. The Morgan fingerprint density at radius 3 is 2.67 bits per heavy atom. The number of nitrogens with zero attached hydrogens (tertiary/aromatic N) is 2. The van der Waals surface area contributed by atoms with E-state index in [9.17, 15) is 14.4 Å². The van der Waals surface area contributed by atoms with Gasteiger partial charge in [0.25, 0.3) is 11.5 Å². The molecular weight excluding hydrogens is 429 g/mol. The Labute approximate surface area is 182 Å². The molecule has 1 heterocycles. The minimum atomic E-state index is -0.545. The third-order valence-corrected chi connectivity index (χ3v) is 5.10. The van der Waals surface area contributed by atoms with Crippen LogP contribution in [0, 0.1) is 0 Å². The highest BCUT2D eigenvalue weighted by Gasteiger charge is 2.09. The number of ether oxygens (including phenoxy) is 1. The van der Waals surface area contributed by atoms with Crippen LogP contribution in [-0.2, 0) is 27.3 Å². The smallest absolute Gasteiger partial charge is 0.303 e. The maximum absolute atomic E-state index is 12.8. The van der Waals surface area contributed by atoms with Crippen LogP contribution in [0.5, 0.6) is 0 Å². The fourth-order valence-electron chi connectivity index (χ4n) is 2.91.